The summed E-state index contributed by atoms with van der Waals surface area (Å²) in [5, 5.41) is 59.8. The number of guanidine groups is 1. The molecule has 32 heteroatoms. The van der Waals surface area contributed by atoms with Gasteiger partial charge in [0, 0.05) is 19.4 Å². The van der Waals surface area contributed by atoms with Crippen molar-refractivity contribution >= 4 is 80.5 Å². The molecule has 4 aromatic carbocycles. The Hall–Kier alpha value is -6.97. The first-order chi connectivity index (χ1) is 42.3. The van der Waals surface area contributed by atoms with Gasteiger partial charge in [0.15, 0.2) is 5.96 Å². The predicted molar refractivity (Wildman–Crippen MR) is 335 cm³/mol. The van der Waals surface area contributed by atoms with Crippen LogP contribution in [0.2, 0.25) is 0 Å². The smallest absolute Gasteiger partial charge is 0.243 e. The minimum atomic E-state index is -4.09. The standard InChI is InChI=1S/C57H84N13O16P3/c58-57(59)61-21-4-8-47-55(79)67-48(31-41-11-14-42-5-1-2-6-44(42)29-41)53(77)63-33-51(75)64-49(30-39-12-17-45(73)18-13-39)56(80)66-46(54(78)65-47)7-3-20-60-52(76)43-15-9-40(10-16-43)32-62-50(74)19-28-87(81,82)34-68-22-24-69(35-88(83,84)37-71)26-27-70(25-23-68)36-89(85,86)38-72/h1-2,5-6,9-18,29,46-49,71-73,81-82,87H,3-4,7-8,19-28,30-38H2,(H,60,76)(H,62,74)(H,63,77)(H,64,75)(H,65,78)(H,66,80)(H,67,79)(H,83,84)(H,85,86)(H4,58,59,61)/t46-,47-,48-,49+/m0/s1. The molecule has 7 amide bonds. The number of benzene rings is 4. The van der Waals surface area contributed by atoms with Gasteiger partial charge in [-0.25, -0.2) is 0 Å². The SMILES string of the molecule is N=C(N)NCCC[C@@H]1NC(=O)[C@H](CCCNC(=O)c2ccc(CNC(=O)CC[PH](O)(O)CN3CCN(CP(=O)(O)CO)CCN(CP(=O)(O)CO)CC3)cc2)NC(=O)[C@@H](Cc2ccc(O)cc2)NC(=O)CNC(=O)[C@H](Cc2ccc3ccccc3c2)NC1=O. The normalized spacial score (nSPS) is 20.6. The number of aliphatic hydroxyl groups is 2. The quantitative estimate of drug-likeness (QED) is 0.0150. The molecule has 2 aliphatic heterocycles. The zero-order valence-corrected chi connectivity index (χ0v) is 52.1. The van der Waals surface area contributed by atoms with Crippen LogP contribution in [0, 0.1) is 5.41 Å². The average molecular weight is 1300 g/mol. The molecule has 0 aliphatic carbocycles. The van der Waals surface area contributed by atoms with Crippen LogP contribution in [0.15, 0.2) is 91.0 Å². The summed E-state index contributed by atoms with van der Waals surface area (Å²) >= 11 is 0. The van der Waals surface area contributed by atoms with E-state index in [2.05, 4.69) is 42.5 Å². The number of nitrogens with zero attached hydrogens (tertiary/aromatic N) is 3. The molecule has 18 N–H and O–H groups in total. The molecule has 4 aromatic rings. The van der Waals surface area contributed by atoms with Gasteiger partial charge in [-0.3, -0.25) is 29.4 Å². The van der Waals surface area contributed by atoms with E-state index in [-0.39, 0.29) is 146 Å². The first-order valence-electron chi connectivity index (χ1n) is 29.2. The van der Waals surface area contributed by atoms with Crippen LogP contribution in [0.25, 0.3) is 10.8 Å². The molecule has 6 rings (SSSR count). The number of phenolic OH excluding ortho intramolecular Hbond substituents is 1. The number of carbonyl (C=O) groups is 7. The number of phenols is 1. The molecular weight excluding hydrogens is 1220 g/mol. The maximum absolute atomic E-state index is 14.4. The summed E-state index contributed by atoms with van der Waals surface area (Å²) in [4.78, 5) is 144. The molecule has 2 unspecified atom stereocenters. The molecule has 2 saturated heterocycles. The second kappa shape index (κ2) is 34.3. The molecule has 0 radical (unpaired) electrons. The van der Waals surface area contributed by atoms with E-state index in [1.165, 1.54) is 24.3 Å². The van der Waals surface area contributed by atoms with Crippen LogP contribution in [0.1, 0.15) is 59.2 Å². The molecule has 0 aromatic heterocycles. The van der Waals surface area contributed by atoms with Crippen LogP contribution in [0.5, 0.6) is 5.75 Å². The molecule has 89 heavy (non-hydrogen) atoms. The first kappa shape index (κ1) is 71.1. The molecule has 2 fully saturated rings. The van der Waals surface area contributed by atoms with E-state index in [0.717, 1.165) is 10.8 Å². The fourth-order valence-electron chi connectivity index (χ4n) is 10.1. The Morgan fingerprint density at radius 3 is 1.69 bits per heavy atom. The fraction of sp³-hybridized carbons (Fsp3) is 0.474. The maximum Gasteiger partial charge on any atom is 0.243 e. The fourth-order valence-corrected chi connectivity index (χ4v) is 13.9. The van der Waals surface area contributed by atoms with E-state index in [9.17, 15) is 77.6 Å². The van der Waals surface area contributed by atoms with Crippen molar-refractivity contribution in [3.63, 3.8) is 0 Å². The first-order valence-corrected chi connectivity index (χ1v) is 35.6. The Morgan fingerprint density at radius 1 is 0.618 bits per heavy atom. The van der Waals surface area contributed by atoms with Gasteiger partial charge in [0.2, 0.25) is 29.5 Å². The van der Waals surface area contributed by atoms with Gasteiger partial charge >= 0.3 is 240 Å². The van der Waals surface area contributed by atoms with Crippen molar-refractivity contribution in [2.45, 2.75) is 75.7 Å². The molecule has 29 nitrogen and oxygen atoms in total. The minimum Gasteiger partial charge on any atom is -0.508 e. The van der Waals surface area contributed by atoms with Gasteiger partial charge in [0.25, 0.3) is 0 Å². The van der Waals surface area contributed by atoms with Gasteiger partial charge in [-0.15, -0.1) is 0 Å². The van der Waals surface area contributed by atoms with Crippen molar-refractivity contribution in [2.75, 3.05) is 96.6 Å². The third kappa shape index (κ3) is 24.7. The van der Waals surface area contributed by atoms with Crippen molar-refractivity contribution in [3.05, 3.63) is 113 Å². The third-order valence-corrected chi connectivity index (χ3v) is 19.5. The number of carbonyl (C=O) groups excluding carboxylic acids is 7. The van der Waals surface area contributed by atoms with Crippen LogP contribution in [0.3, 0.4) is 0 Å². The Bertz CT molecular complexity index is 3150. The van der Waals surface area contributed by atoms with Crippen LogP contribution < -0.4 is 48.3 Å². The van der Waals surface area contributed by atoms with E-state index in [1.807, 2.05) is 42.5 Å². The Labute approximate surface area is 515 Å². The maximum atomic E-state index is 14.4. The number of nitrogens with two attached hydrogens (primary N) is 1. The summed E-state index contributed by atoms with van der Waals surface area (Å²) in [6, 6.07) is 20.1. The second-order valence-corrected chi connectivity index (χ2v) is 29.7. The van der Waals surface area contributed by atoms with Gasteiger partial charge in [-0.2, -0.15) is 0 Å². The molecule has 6 atom stereocenters. The Kier molecular flexibility index (Phi) is 27.4. The molecule has 2 aliphatic rings. The van der Waals surface area contributed by atoms with Crippen molar-refractivity contribution in [3.8, 4) is 5.75 Å². The van der Waals surface area contributed by atoms with Crippen LogP contribution in [-0.4, -0.2) is 218 Å². The summed E-state index contributed by atoms with van der Waals surface area (Å²) in [6.07, 6.45) is -3.18. The topological polar surface area (TPSA) is 451 Å². The van der Waals surface area contributed by atoms with E-state index in [1.54, 1.807) is 39.0 Å². The van der Waals surface area contributed by atoms with Crippen molar-refractivity contribution in [2.24, 2.45) is 5.73 Å². The van der Waals surface area contributed by atoms with Gasteiger partial charge in [-0.05, 0) is 59.7 Å². The van der Waals surface area contributed by atoms with E-state index in [0.29, 0.717) is 16.7 Å². The summed E-state index contributed by atoms with van der Waals surface area (Å²) in [5.41, 5.74) is 7.57. The number of fused-ring (bicyclic) bond motifs is 1. The zero-order valence-electron chi connectivity index (χ0n) is 49.4. The number of hydrogen-bond acceptors (Lipinski definition) is 18. The number of hydrogen-bond donors (Lipinski definition) is 17. The number of aromatic hydroxyl groups is 1. The van der Waals surface area contributed by atoms with Crippen molar-refractivity contribution in [1.29, 1.82) is 5.41 Å². The number of aliphatic hydroxyl groups excluding tert-OH is 2. The van der Waals surface area contributed by atoms with Gasteiger partial charge < -0.3 is 42.7 Å². The molecule has 488 valence electrons. The Morgan fingerprint density at radius 2 is 1.11 bits per heavy atom. The molecule has 2 heterocycles. The third-order valence-electron chi connectivity index (χ3n) is 15.0. The van der Waals surface area contributed by atoms with Crippen molar-refractivity contribution in [1.82, 2.24) is 57.2 Å². The van der Waals surface area contributed by atoms with Gasteiger partial charge in [0.1, 0.15) is 29.9 Å². The number of amides is 7. The van der Waals surface area contributed by atoms with Crippen LogP contribution in [-0.2, 0) is 57.3 Å². The second-order valence-electron chi connectivity index (χ2n) is 22.4. The summed E-state index contributed by atoms with van der Waals surface area (Å²) < 4.78 is 24.8. The van der Waals surface area contributed by atoms with E-state index < -0.39 is 107 Å². The van der Waals surface area contributed by atoms with Gasteiger partial charge in [-0.1, -0.05) is 54.6 Å². The van der Waals surface area contributed by atoms with E-state index in [4.69, 9.17) is 11.1 Å². The summed E-state index contributed by atoms with van der Waals surface area (Å²) in [7, 11) is -11.9. The summed E-state index contributed by atoms with van der Waals surface area (Å²) in [5.74, 6) is -5.13. The number of rotatable bonds is 26. The zero-order chi connectivity index (χ0) is 64.7. The molecule has 0 bridgehead atoms. The Balaban J connectivity index is 1.07. The van der Waals surface area contributed by atoms with Crippen LogP contribution >= 0.6 is 22.5 Å². The van der Waals surface area contributed by atoms with Crippen molar-refractivity contribution < 1.29 is 77.6 Å². The van der Waals surface area contributed by atoms with Crippen LogP contribution in [0.4, 0.5) is 0 Å². The summed E-state index contributed by atoms with van der Waals surface area (Å²) in [6.45, 7) is 0.821. The molecule has 0 saturated carbocycles. The van der Waals surface area contributed by atoms with E-state index >= 15 is 0 Å². The number of nitrogens with one attached hydrogen (secondary N) is 9. The average Bonchev–Trinajstić information content (AvgIpc) is 3.87. The monoisotopic (exact) mass is 1300 g/mol. The minimum absolute atomic E-state index is 0.000953. The van der Waals surface area contributed by atoms with Gasteiger partial charge in [0.05, 0.1) is 6.54 Å². The predicted octanol–water partition coefficient (Wildman–Crippen LogP) is -1.32. The molecule has 0 spiro atoms. The largest absolute Gasteiger partial charge is 0.508 e. The molecular formula is C57H84N13O16P3.